The largest absolute Gasteiger partial charge is 0.495 e. The molecule has 2 N–H and O–H groups in total. The Morgan fingerprint density at radius 2 is 1.79 bits per heavy atom. The Morgan fingerprint density at radius 3 is 2.45 bits per heavy atom. The molecule has 0 saturated heterocycles. The Balaban J connectivity index is 1.91. The van der Waals surface area contributed by atoms with Gasteiger partial charge in [-0.15, -0.1) is 0 Å². The van der Waals surface area contributed by atoms with Gasteiger partial charge in [0, 0.05) is 10.2 Å². The molecule has 1 atom stereocenters. The van der Waals surface area contributed by atoms with E-state index in [1.54, 1.807) is 18.2 Å². The van der Waals surface area contributed by atoms with Crippen molar-refractivity contribution in [2.45, 2.75) is 37.5 Å². The molecule has 174 valence electrons. The Kier molecular flexibility index (Phi) is 8.15. The molecule has 0 aliphatic carbocycles. The lowest BCUT2D eigenvalue weighted by atomic mass is 9.93. The number of hydrogen-bond acceptors (Lipinski definition) is 4. The minimum Gasteiger partial charge on any atom is -0.495 e. The number of benzene rings is 3. The van der Waals surface area contributed by atoms with Crippen LogP contribution in [0.2, 0.25) is 0 Å². The molecule has 6 nitrogen and oxygen atoms in total. The van der Waals surface area contributed by atoms with E-state index in [-0.39, 0.29) is 22.5 Å². The van der Waals surface area contributed by atoms with Crippen molar-refractivity contribution in [3.63, 3.8) is 0 Å². The highest BCUT2D eigenvalue weighted by Gasteiger charge is 2.24. The van der Waals surface area contributed by atoms with Gasteiger partial charge >= 0.3 is 0 Å². The summed E-state index contributed by atoms with van der Waals surface area (Å²) in [6, 6.07) is 19.5. The number of methoxy groups -OCH3 is 1. The van der Waals surface area contributed by atoms with Crippen LogP contribution in [-0.2, 0) is 14.8 Å². The fourth-order valence-corrected chi connectivity index (χ4v) is 5.28. The predicted octanol–water partition coefficient (Wildman–Crippen LogP) is 6.09. The zero-order valence-corrected chi connectivity index (χ0v) is 21.2. The summed E-state index contributed by atoms with van der Waals surface area (Å²) < 4.78 is 34.9. The lowest BCUT2D eigenvalue weighted by Gasteiger charge is -2.18. The van der Waals surface area contributed by atoms with E-state index >= 15 is 0 Å². The molecule has 0 fully saturated rings. The predicted molar refractivity (Wildman–Crippen MR) is 135 cm³/mol. The molecule has 0 aromatic heterocycles. The van der Waals surface area contributed by atoms with E-state index in [1.807, 2.05) is 50.2 Å². The molecule has 1 amide bonds. The van der Waals surface area contributed by atoms with Gasteiger partial charge in [0.05, 0.1) is 18.7 Å². The van der Waals surface area contributed by atoms with Crippen LogP contribution in [0.1, 0.15) is 36.8 Å². The SMILES string of the molecule is CCCC(C(=O)Nc1ccc(OC)c(S(=O)(=O)Nc2cc(C)ccc2Br)c1)c1ccccc1. The van der Waals surface area contributed by atoms with Gasteiger partial charge in [-0.3, -0.25) is 9.52 Å². The fraction of sp³-hybridized carbons (Fsp3) is 0.240. The normalized spacial score (nSPS) is 12.1. The third-order valence-electron chi connectivity index (χ3n) is 5.18. The molecule has 0 aliphatic rings. The van der Waals surface area contributed by atoms with Crippen molar-refractivity contribution in [3.8, 4) is 5.75 Å². The van der Waals surface area contributed by atoms with Gasteiger partial charge in [0.25, 0.3) is 10.0 Å². The van der Waals surface area contributed by atoms with Crippen molar-refractivity contribution >= 4 is 43.2 Å². The minimum absolute atomic E-state index is 0.0667. The molecule has 3 aromatic rings. The first kappa shape index (κ1) is 24.8. The molecule has 0 radical (unpaired) electrons. The second kappa shape index (κ2) is 10.9. The first-order valence-electron chi connectivity index (χ1n) is 10.6. The number of hydrogen-bond donors (Lipinski definition) is 2. The molecule has 8 heteroatoms. The van der Waals surface area contributed by atoms with Gasteiger partial charge in [0.1, 0.15) is 10.6 Å². The molecular weight excluding hydrogens is 504 g/mol. The highest BCUT2D eigenvalue weighted by molar-refractivity contribution is 9.10. The molecule has 0 bridgehead atoms. The maximum atomic E-state index is 13.2. The Labute approximate surface area is 203 Å². The maximum absolute atomic E-state index is 13.2. The molecule has 33 heavy (non-hydrogen) atoms. The molecule has 1 unspecified atom stereocenters. The first-order chi connectivity index (χ1) is 15.7. The van der Waals surface area contributed by atoms with Gasteiger partial charge in [0.15, 0.2) is 0 Å². The summed E-state index contributed by atoms with van der Waals surface area (Å²) in [6.07, 6.45) is 1.52. The van der Waals surface area contributed by atoms with E-state index < -0.39 is 10.0 Å². The van der Waals surface area contributed by atoms with Crippen LogP contribution in [-0.4, -0.2) is 21.4 Å². The van der Waals surface area contributed by atoms with Crippen LogP contribution in [0, 0.1) is 6.92 Å². The summed E-state index contributed by atoms with van der Waals surface area (Å²) in [4.78, 5) is 13.0. The smallest absolute Gasteiger partial charge is 0.265 e. The maximum Gasteiger partial charge on any atom is 0.265 e. The van der Waals surface area contributed by atoms with Crippen LogP contribution in [0.25, 0.3) is 0 Å². The van der Waals surface area contributed by atoms with Crippen LogP contribution in [0.5, 0.6) is 5.75 Å². The Morgan fingerprint density at radius 1 is 1.06 bits per heavy atom. The summed E-state index contributed by atoms with van der Waals surface area (Å²) in [5.41, 5.74) is 2.62. The highest BCUT2D eigenvalue weighted by atomic mass is 79.9. The third kappa shape index (κ3) is 6.15. The number of carbonyl (C=O) groups is 1. The number of carbonyl (C=O) groups excluding carboxylic acids is 1. The van der Waals surface area contributed by atoms with Gasteiger partial charge in [-0.05, 0) is 70.7 Å². The second-order valence-corrected chi connectivity index (χ2v) is 10.2. The van der Waals surface area contributed by atoms with E-state index in [2.05, 4.69) is 26.0 Å². The molecule has 0 saturated carbocycles. The number of anilines is 2. The summed E-state index contributed by atoms with van der Waals surface area (Å²) in [6.45, 7) is 3.90. The van der Waals surface area contributed by atoms with Crippen molar-refractivity contribution < 1.29 is 17.9 Å². The van der Waals surface area contributed by atoms with Crippen LogP contribution in [0.3, 0.4) is 0 Å². The second-order valence-electron chi connectivity index (χ2n) is 7.70. The van der Waals surface area contributed by atoms with E-state index in [9.17, 15) is 13.2 Å². The number of amides is 1. The van der Waals surface area contributed by atoms with Crippen molar-refractivity contribution in [1.82, 2.24) is 0 Å². The molecule has 3 aromatic carbocycles. The topological polar surface area (TPSA) is 84.5 Å². The van der Waals surface area contributed by atoms with Gasteiger partial charge in [0.2, 0.25) is 5.91 Å². The number of halogens is 1. The van der Waals surface area contributed by atoms with Crippen molar-refractivity contribution in [2.24, 2.45) is 0 Å². The highest BCUT2D eigenvalue weighted by Crippen LogP contribution is 2.32. The number of aryl methyl sites for hydroxylation is 1. The zero-order valence-electron chi connectivity index (χ0n) is 18.8. The average molecular weight is 531 g/mol. The zero-order chi connectivity index (χ0) is 24.0. The van der Waals surface area contributed by atoms with Crippen LogP contribution >= 0.6 is 15.9 Å². The monoisotopic (exact) mass is 530 g/mol. The van der Waals surface area contributed by atoms with E-state index in [0.717, 1.165) is 17.5 Å². The average Bonchev–Trinajstić information content (AvgIpc) is 2.80. The number of rotatable bonds is 9. The van der Waals surface area contributed by atoms with Crippen LogP contribution in [0.4, 0.5) is 11.4 Å². The summed E-state index contributed by atoms with van der Waals surface area (Å²) >= 11 is 3.38. The van der Waals surface area contributed by atoms with E-state index in [1.165, 1.54) is 19.2 Å². The van der Waals surface area contributed by atoms with E-state index in [0.29, 0.717) is 22.3 Å². The fourth-order valence-electron chi connectivity index (χ4n) is 3.53. The van der Waals surface area contributed by atoms with Gasteiger partial charge in [-0.25, -0.2) is 8.42 Å². The molecule has 3 rings (SSSR count). The summed E-state index contributed by atoms with van der Waals surface area (Å²) in [5.74, 6) is -0.344. The van der Waals surface area contributed by atoms with Gasteiger partial charge < -0.3 is 10.1 Å². The first-order valence-corrected chi connectivity index (χ1v) is 12.9. The van der Waals surface area contributed by atoms with Crippen molar-refractivity contribution in [1.29, 1.82) is 0 Å². The lowest BCUT2D eigenvalue weighted by Crippen LogP contribution is -2.21. The Bertz CT molecular complexity index is 1230. The Hall–Kier alpha value is -2.84. The molecular formula is C25H27BrN2O4S. The third-order valence-corrected chi connectivity index (χ3v) is 7.26. The van der Waals surface area contributed by atoms with E-state index in [4.69, 9.17) is 4.74 Å². The molecule has 0 spiro atoms. The number of ether oxygens (including phenoxy) is 1. The molecule has 0 aliphatic heterocycles. The lowest BCUT2D eigenvalue weighted by molar-refractivity contribution is -0.117. The van der Waals surface area contributed by atoms with Crippen molar-refractivity contribution in [2.75, 3.05) is 17.1 Å². The molecule has 0 heterocycles. The quantitative estimate of drug-likeness (QED) is 0.350. The van der Waals surface area contributed by atoms with Crippen LogP contribution in [0.15, 0.2) is 76.1 Å². The number of sulfonamides is 1. The van der Waals surface area contributed by atoms with Gasteiger partial charge in [-0.2, -0.15) is 0 Å². The summed E-state index contributed by atoms with van der Waals surface area (Å²) in [5, 5.41) is 2.88. The van der Waals surface area contributed by atoms with Crippen LogP contribution < -0.4 is 14.8 Å². The van der Waals surface area contributed by atoms with Crippen molar-refractivity contribution in [3.05, 3.63) is 82.3 Å². The minimum atomic E-state index is -3.99. The number of nitrogens with one attached hydrogen (secondary N) is 2. The van der Waals surface area contributed by atoms with Gasteiger partial charge in [-0.1, -0.05) is 49.7 Å². The standard InChI is InChI=1S/C25H27BrN2O4S/c1-4-8-20(18-9-6-5-7-10-18)25(29)27-19-12-14-23(32-3)24(16-19)33(30,31)28-22-15-17(2)11-13-21(22)26/h5-7,9-16,20,28H,4,8H2,1-3H3,(H,27,29). The summed E-state index contributed by atoms with van der Waals surface area (Å²) in [7, 11) is -2.59.